The van der Waals surface area contributed by atoms with Crippen molar-refractivity contribution in [2.75, 3.05) is 19.6 Å². The molecule has 4 heteroatoms. The van der Waals surface area contributed by atoms with Crippen molar-refractivity contribution in [2.45, 2.75) is 25.4 Å². The molecule has 1 heterocycles. The van der Waals surface area contributed by atoms with Crippen LogP contribution < -0.4 is 5.73 Å². The minimum atomic E-state index is -0.829. The topological polar surface area (TPSA) is 66.6 Å². The number of rotatable bonds is 2. The van der Waals surface area contributed by atoms with Crippen LogP contribution in [0, 0.1) is 0 Å². The average molecular weight is 172 g/mol. The molecule has 1 atom stereocenters. The first-order chi connectivity index (χ1) is 5.61. The smallest absolute Gasteiger partial charge is 0.222 e. The molecule has 1 aliphatic heterocycles. The number of carbonyl (C=O) groups excluding carboxylic acids is 1. The Labute approximate surface area is 72.3 Å². The van der Waals surface area contributed by atoms with Gasteiger partial charge in [-0.15, -0.1) is 0 Å². The summed E-state index contributed by atoms with van der Waals surface area (Å²) in [6, 6.07) is 0. The van der Waals surface area contributed by atoms with E-state index in [0.717, 1.165) is 0 Å². The number of β-amino-alcohol motifs (C(OH)–C–C–N with tert-alkyl or cyclic N) is 1. The number of hydrogen-bond donors (Lipinski definition) is 2. The molecule has 4 nitrogen and oxygen atoms in total. The Hall–Kier alpha value is -0.610. The highest BCUT2D eigenvalue weighted by Gasteiger charge is 2.36. The largest absolute Gasteiger partial charge is 0.387 e. The SMILES string of the molecule is CCC(=O)N1CCC(O)(CN)C1. The van der Waals surface area contributed by atoms with Gasteiger partial charge in [-0.1, -0.05) is 6.92 Å². The van der Waals surface area contributed by atoms with Crippen molar-refractivity contribution in [1.29, 1.82) is 0 Å². The Morgan fingerprint density at radius 2 is 2.42 bits per heavy atom. The molecule has 1 unspecified atom stereocenters. The van der Waals surface area contributed by atoms with E-state index in [4.69, 9.17) is 5.73 Å². The van der Waals surface area contributed by atoms with Crippen LogP contribution in [0.4, 0.5) is 0 Å². The maximum Gasteiger partial charge on any atom is 0.222 e. The zero-order valence-electron chi connectivity index (χ0n) is 7.42. The van der Waals surface area contributed by atoms with E-state index in [1.54, 1.807) is 4.90 Å². The van der Waals surface area contributed by atoms with Crippen LogP contribution in [0.15, 0.2) is 0 Å². The fraction of sp³-hybridized carbons (Fsp3) is 0.875. The lowest BCUT2D eigenvalue weighted by atomic mass is 10.0. The molecule has 1 aliphatic rings. The molecular weight excluding hydrogens is 156 g/mol. The molecule has 0 aromatic carbocycles. The number of nitrogens with two attached hydrogens (primary N) is 1. The molecule has 70 valence electrons. The Kier molecular flexibility index (Phi) is 2.69. The highest BCUT2D eigenvalue weighted by atomic mass is 16.3. The van der Waals surface area contributed by atoms with E-state index in [-0.39, 0.29) is 12.5 Å². The second-order valence-electron chi connectivity index (χ2n) is 3.35. The molecule has 1 amide bonds. The van der Waals surface area contributed by atoms with Crippen molar-refractivity contribution in [1.82, 2.24) is 4.90 Å². The normalized spacial score (nSPS) is 29.4. The van der Waals surface area contributed by atoms with Gasteiger partial charge in [0.25, 0.3) is 0 Å². The van der Waals surface area contributed by atoms with Gasteiger partial charge in [-0.2, -0.15) is 0 Å². The van der Waals surface area contributed by atoms with Crippen LogP contribution in [0.2, 0.25) is 0 Å². The van der Waals surface area contributed by atoms with E-state index in [2.05, 4.69) is 0 Å². The molecule has 1 fully saturated rings. The van der Waals surface area contributed by atoms with Crippen molar-refractivity contribution in [3.05, 3.63) is 0 Å². The first kappa shape index (κ1) is 9.48. The van der Waals surface area contributed by atoms with Gasteiger partial charge in [-0.3, -0.25) is 4.79 Å². The number of amides is 1. The number of carbonyl (C=O) groups is 1. The van der Waals surface area contributed by atoms with Gasteiger partial charge in [0.1, 0.15) is 0 Å². The van der Waals surface area contributed by atoms with E-state index in [0.29, 0.717) is 25.9 Å². The van der Waals surface area contributed by atoms with Gasteiger partial charge in [-0.05, 0) is 6.42 Å². The van der Waals surface area contributed by atoms with Crippen LogP contribution in [0.5, 0.6) is 0 Å². The summed E-state index contributed by atoms with van der Waals surface area (Å²) in [7, 11) is 0. The molecule has 0 radical (unpaired) electrons. The van der Waals surface area contributed by atoms with E-state index in [9.17, 15) is 9.90 Å². The molecule has 0 aromatic rings. The van der Waals surface area contributed by atoms with E-state index in [1.807, 2.05) is 6.92 Å². The third-order valence-electron chi connectivity index (χ3n) is 2.37. The Morgan fingerprint density at radius 3 is 2.83 bits per heavy atom. The van der Waals surface area contributed by atoms with E-state index < -0.39 is 5.60 Å². The lowest BCUT2D eigenvalue weighted by Crippen LogP contribution is -2.41. The first-order valence-corrected chi connectivity index (χ1v) is 4.31. The summed E-state index contributed by atoms with van der Waals surface area (Å²) in [6.45, 7) is 3.10. The molecular formula is C8H16N2O2. The molecule has 1 saturated heterocycles. The fourth-order valence-corrected chi connectivity index (χ4v) is 1.46. The second kappa shape index (κ2) is 3.41. The highest BCUT2D eigenvalue weighted by Crippen LogP contribution is 2.20. The zero-order chi connectivity index (χ0) is 9.19. The highest BCUT2D eigenvalue weighted by molar-refractivity contribution is 5.76. The predicted molar refractivity (Wildman–Crippen MR) is 45.5 cm³/mol. The molecule has 0 bridgehead atoms. The Morgan fingerprint density at radius 1 is 1.75 bits per heavy atom. The zero-order valence-corrected chi connectivity index (χ0v) is 7.42. The summed E-state index contributed by atoms with van der Waals surface area (Å²) in [5.41, 5.74) is 4.56. The summed E-state index contributed by atoms with van der Waals surface area (Å²) >= 11 is 0. The van der Waals surface area contributed by atoms with Crippen LogP contribution in [-0.2, 0) is 4.79 Å². The lowest BCUT2D eigenvalue weighted by molar-refractivity contribution is -0.130. The van der Waals surface area contributed by atoms with E-state index in [1.165, 1.54) is 0 Å². The van der Waals surface area contributed by atoms with Gasteiger partial charge in [0.2, 0.25) is 5.91 Å². The van der Waals surface area contributed by atoms with Gasteiger partial charge < -0.3 is 15.7 Å². The van der Waals surface area contributed by atoms with Crippen molar-refractivity contribution in [2.24, 2.45) is 5.73 Å². The Balaban J connectivity index is 2.50. The van der Waals surface area contributed by atoms with Gasteiger partial charge in [0.05, 0.1) is 12.1 Å². The van der Waals surface area contributed by atoms with Gasteiger partial charge >= 0.3 is 0 Å². The fourth-order valence-electron chi connectivity index (χ4n) is 1.46. The third-order valence-corrected chi connectivity index (χ3v) is 2.37. The summed E-state index contributed by atoms with van der Waals surface area (Å²) in [5, 5.41) is 9.70. The van der Waals surface area contributed by atoms with Crippen LogP contribution in [0.25, 0.3) is 0 Å². The van der Waals surface area contributed by atoms with Crippen molar-refractivity contribution >= 4 is 5.91 Å². The Bertz CT molecular complexity index is 184. The summed E-state index contributed by atoms with van der Waals surface area (Å²) in [5.74, 6) is 0.0966. The average Bonchev–Trinajstić information content (AvgIpc) is 2.48. The minimum Gasteiger partial charge on any atom is -0.387 e. The lowest BCUT2D eigenvalue weighted by Gasteiger charge is -2.20. The molecule has 1 rings (SSSR count). The predicted octanol–water partition coefficient (Wildman–Crippen LogP) is -0.681. The summed E-state index contributed by atoms with van der Waals surface area (Å²) in [6.07, 6.45) is 1.11. The molecule has 0 aromatic heterocycles. The number of likely N-dealkylation sites (tertiary alicyclic amines) is 1. The number of aliphatic hydroxyl groups is 1. The van der Waals surface area contributed by atoms with Crippen LogP contribution in [-0.4, -0.2) is 41.1 Å². The number of nitrogens with zero attached hydrogens (tertiary/aromatic N) is 1. The van der Waals surface area contributed by atoms with Gasteiger partial charge in [0, 0.05) is 19.5 Å². The molecule has 0 saturated carbocycles. The van der Waals surface area contributed by atoms with Crippen molar-refractivity contribution in [3.63, 3.8) is 0 Å². The molecule has 12 heavy (non-hydrogen) atoms. The first-order valence-electron chi connectivity index (χ1n) is 4.31. The van der Waals surface area contributed by atoms with Crippen molar-refractivity contribution < 1.29 is 9.90 Å². The second-order valence-corrected chi connectivity index (χ2v) is 3.35. The molecule has 0 aliphatic carbocycles. The number of hydrogen-bond acceptors (Lipinski definition) is 3. The van der Waals surface area contributed by atoms with Crippen LogP contribution in [0.1, 0.15) is 19.8 Å². The maximum atomic E-state index is 11.2. The standard InChI is InChI=1S/C8H16N2O2/c1-2-7(11)10-4-3-8(12,5-9)6-10/h12H,2-6,9H2,1H3. The monoisotopic (exact) mass is 172 g/mol. The molecule has 0 spiro atoms. The summed E-state index contributed by atoms with van der Waals surface area (Å²) < 4.78 is 0. The quantitative estimate of drug-likeness (QED) is 0.580. The molecule has 3 N–H and O–H groups in total. The minimum absolute atomic E-state index is 0.0966. The van der Waals surface area contributed by atoms with Gasteiger partial charge in [-0.25, -0.2) is 0 Å². The van der Waals surface area contributed by atoms with Crippen LogP contribution >= 0.6 is 0 Å². The summed E-state index contributed by atoms with van der Waals surface area (Å²) in [4.78, 5) is 12.9. The third kappa shape index (κ3) is 1.76. The van der Waals surface area contributed by atoms with Crippen LogP contribution in [0.3, 0.4) is 0 Å². The van der Waals surface area contributed by atoms with Crippen molar-refractivity contribution in [3.8, 4) is 0 Å². The van der Waals surface area contributed by atoms with Gasteiger partial charge in [0.15, 0.2) is 0 Å². The van der Waals surface area contributed by atoms with E-state index >= 15 is 0 Å². The maximum absolute atomic E-state index is 11.2.